The Morgan fingerprint density at radius 3 is 2.50 bits per heavy atom. The first-order chi connectivity index (χ1) is 9.75. The van der Waals surface area contributed by atoms with Crippen LogP contribution in [-0.4, -0.2) is 11.0 Å². The van der Waals surface area contributed by atoms with E-state index >= 15 is 0 Å². The molecule has 0 radical (unpaired) electrons. The molecule has 3 aromatic rings. The summed E-state index contributed by atoms with van der Waals surface area (Å²) in [5, 5.41) is 1.10. The fourth-order valence-electron chi connectivity index (χ4n) is 2.01. The predicted molar refractivity (Wildman–Crippen MR) is 76.0 cm³/mol. The normalized spacial score (nSPS) is 10.4. The van der Waals surface area contributed by atoms with Gasteiger partial charge in [0.05, 0.1) is 10.9 Å². The lowest BCUT2D eigenvalue weighted by molar-refractivity contribution is 0.0737. The van der Waals surface area contributed by atoms with E-state index in [1.807, 2.05) is 6.07 Å². The number of esters is 1. The van der Waals surface area contributed by atoms with Crippen LogP contribution in [0.2, 0.25) is 0 Å². The highest BCUT2D eigenvalue weighted by molar-refractivity contribution is 5.95. The van der Waals surface area contributed by atoms with Gasteiger partial charge in [-0.3, -0.25) is 4.79 Å². The number of fused-ring (bicyclic) bond motifs is 1. The van der Waals surface area contributed by atoms with E-state index in [0.29, 0.717) is 22.1 Å². The highest BCUT2D eigenvalue weighted by atomic mass is 16.5. The molecule has 4 heteroatoms. The molecule has 0 unspecified atom stereocenters. The summed E-state index contributed by atoms with van der Waals surface area (Å²) in [4.78, 5) is 26.3. The second-order valence-corrected chi connectivity index (χ2v) is 4.28. The van der Waals surface area contributed by atoms with E-state index in [9.17, 15) is 9.59 Å². The Morgan fingerprint density at radius 1 is 0.900 bits per heavy atom. The third-order valence-electron chi connectivity index (χ3n) is 2.99. The topological polar surface area (TPSA) is 59.2 Å². The van der Waals surface area contributed by atoms with Crippen LogP contribution in [0.25, 0.3) is 10.8 Å². The van der Waals surface area contributed by atoms with Gasteiger partial charge in [0.2, 0.25) is 0 Å². The van der Waals surface area contributed by atoms with Crippen LogP contribution in [0.1, 0.15) is 10.4 Å². The average Bonchev–Trinajstić information content (AvgIpc) is 2.49. The van der Waals surface area contributed by atoms with E-state index in [1.165, 1.54) is 6.20 Å². The zero-order valence-corrected chi connectivity index (χ0v) is 10.5. The number of benzene rings is 2. The smallest absolute Gasteiger partial charge is 0.343 e. The summed E-state index contributed by atoms with van der Waals surface area (Å²) in [6, 6.07) is 15.5. The van der Waals surface area contributed by atoms with Gasteiger partial charge in [-0.15, -0.1) is 0 Å². The monoisotopic (exact) mass is 265 g/mol. The molecule has 0 bridgehead atoms. The molecule has 0 amide bonds. The van der Waals surface area contributed by atoms with Crippen molar-refractivity contribution in [1.29, 1.82) is 0 Å². The Morgan fingerprint density at radius 2 is 1.70 bits per heavy atom. The number of H-pyrrole nitrogens is 1. The molecule has 0 atom stereocenters. The third-order valence-corrected chi connectivity index (χ3v) is 2.99. The van der Waals surface area contributed by atoms with E-state index in [1.54, 1.807) is 48.5 Å². The van der Waals surface area contributed by atoms with E-state index in [2.05, 4.69) is 4.98 Å². The second-order valence-electron chi connectivity index (χ2n) is 4.28. The van der Waals surface area contributed by atoms with E-state index in [4.69, 9.17) is 4.74 Å². The molecule has 0 aliphatic rings. The summed E-state index contributed by atoms with van der Waals surface area (Å²) in [6.07, 6.45) is 1.53. The van der Waals surface area contributed by atoms with Gasteiger partial charge in [0.25, 0.3) is 5.56 Å². The standard InChI is InChI=1S/C16H11NO3/c18-15-13-7-4-8-14(12(13)9-10-17-15)20-16(19)11-5-2-1-3-6-11/h1-10H,(H,17,18). The van der Waals surface area contributed by atoms with Crippen LogP contribution in [0.4, 0.5) is 0 Å². The van der Waals surface area contributed by atoms with Crippen LogP contribution < -0.4 is 10.3 Å². The number of aromatic amines is 1. The van der Waals surface area contributed by atoms with Gasteiger partial charge in [0.1, 0.15) is 5.75 Å². The van der Waals surface area contributed by atoms with Gasteiger partial charge >= 0.3 is 5.97 Å². The molecule has 20 heavy (non-hydrogen) atoms. The van der Waals surface area contributed by atoms with Gasteiger partial charge in [0, 0.05) is 11.6 Å². The summed E-state index contributed by atoms with van der Waals surface area (Å²) in [7, 11) is 0. The Kier molecular flexibility index (Phi) is 3.05. The highest BCUT2D eigenvalue weighted by Crippen LogP contribution is 2.23. The van der Waals surface area contributed by atoms with E-state index in [-0.39, 0.29) is 5.56 Å². The number of pyridine rings is 1. The van der Waals surface area contributed by atoms with Crippen molar-refractivity contribution < 1.29 is 9.53 Å². The number of rotatable bonds is 2. The van der Waals surface area contributed by atoms with Crippen LogP contribution >= 0.6 is 0 Å². The lowest BCUT2D eigenvalue weighted by atomic mass is 10.1. The van der Waals surface area contributed by atoms with Gasteiger partial charge in [0.15, 0.2) is 0 Å². The molecule has 0 fully saturated rings. The first-order valence-corrected chi connectivity index (χ1v) is 6.13. The first-order valence-electron chi connectivity index (χ1n) is 6.13. The fraction of sp³-hybridized carbons (Fsp3) is 0. The Bertz CT molecular complexity index is 822. The maximum absolute atomic E-state index is 12.0. The first kappa shape index (κ1) is 12.2. The quantitative estimate of drug-likeness (QED) is 0.572. The lowest BCUT2D eigenvalue weighted by Crippen LogP contribution is -2.10. The molecule has 2 aromatic carbocycles. The molecule has 4 nitrogen and oxygen atoms in total. The minimum absolute atomic E-state index is 0.208. The molecule has 0 saturated heterocycles. The summed E-state index contributed by atoms with van der Waals surface area (Å²) in [5.41, 5.74) is 0.259. The van der Waals surface area contributed by atoms with E-state index in [0.717, 1.165) is 0 Å². The summed E-state index contributed by atoms with van der Waals surface area (Å²) in [6.45, 7) is 0. The predicted octanol–water partition coefficient (Wildman–Crippen LogP) is 2.75. The SMILES string of the molecule is O=C(Oc1cccc2c(=O)[nH]ccc12)c1ccccc1. The Balaban J connectivity index is 2.02. The Hall–Kier alpha value is -2.88. The van der Waals surface area contributed by atoms with Crippen molar-refractivity contribution in [2.24, 2.45) is 0 Å². The van der Waals surface area contributed by atoms with Gasteiger partial charge in [-0.2, -0.15) is 0 Å². The molecule has 3 rings (SSSR count). The molecule has 1 N–H and O–H groups in total. The van der Waals surface area contributed by atoms with Crippen LogP contribution in [0, 0.1) is 0 Å². The second kappa shape index (κ2) is 5.01. The number of nitrogens with one attached hydrogen (secondary N) is 1. The number of aromatic nitrogens is 1. The zero-order valence-electron chi connectivity index (χ0n) is 10.5. The molecular formula is C16H11NO3. The van der Waals surface area contributed by atoms with Crippen molar-refractivity contribution in [3.05, 3.63) is 76.7 Å². The zero-order chi connectivity index (χ0) is 13.9. The van der Waals surface area contributed by atoms with Crippen LogP contribution in [0.15, 0.2) is 65.6 Å². The number of ether oxygens (including phenoxy) is 1. The van der Waals surface area contributed by atoms with Gasteiger partial charge < -0.3 is 9.72 Å². The molecule has 0 spiro atoms. The number of hydrogen-bond donors (Lipinski definition) is 1. The average molecular weight is 265 g/mol. The Labute approximate surface area is 114 Å². The summed E-state index contributed by atoms with van der Waals surface area (Å²) in [5.74, 6) is -0.0687. The van der Waals surface area contributed by atoms with Crippen LogP contribution in [-0.2, 0) is 0 Å². The van der Waals surface area contributed by atoms with Crippen molar-refractivity contribution in [3.63, 3.8) is 0 Å². The van der Waals surface area contributed by atoms with Crippen LogP contribution in [0.5, 0.6) is 5.75 Å². The molecular weight excluding hydrogens is 254 g/mol. The van der Waals surface area contributed by atoms with Crippen molar-refractivity contribution in [3.8, 4) is 5.75 Å². The fourth-order valence-corrected chi connectivity index (χ4v) is 2.01. The van der Waals surface area contributed by atoms with Crippen molar-refractivity contribution in [2.75, 3.05) is 0 Å². The number of carbonyl (C=O) groups excluding carboxylic acids is 1. The number of carbonyl (C=O) groups is 1. The van der Waals surface area contributed by atoms with Gasteiger partial charge in [-0.05, 0) is 30.3 Å². The largest absolute Gasteiger partial charge is 0.422 e. The molecule has 0 saturated carbocycles. The lowest BCUT2D eigenvalue weighted by Gasteiger charge is -2.07. The van der Waals surface area contributed by atoms with Gasteiger partial charge in [-0.1, -0.05) is 24.3 Å². The third kappa shape index (κ3) is 2.19. The number of hydrogen-bond acceptors (Lipinski definition) is 3. The van der Waals surface area contributed by atoms with Crippen LogP contribution in [0.3, 0.4) is 0 Å². The highest BCUT2D eigenvalue weighted by Gasteiger charge is 2.11. The van der Waals surface area contributed by atoms with Gasteiger partial charge in [-0.25, -0.2) is 4.79 Å². The molecule has 98 valence electrons. The van der Waals surface area contributed by atoms with Crippen molar-refractivity contribution in [2.45, 2.75) is 0 Å². The molecule has 1 aromatic heterocycles. The minimum atomic E-state index is -0.446. The van der Waals surface area contributed by atoms with Crippen molar-refractivity contribution >= 4 is 16.7 Å². The van der Waals surface area contributed by atoms with Crippen molar-refractivity contribution in [1.82, 2.24) is 4.98 Å². The molecule has 0 aliphatic carbocycles. The molecule has 0 aliphatic heterocycles. The van der Waals surface area contributed by atoms with E-state index < -0.39 is 5.97 Å². The molecule has 1 heterocycles. The summed E-state index contributed by atoms with van der Waals surface area (Å²) >= 11 is 0. The maximum atomic E-state index is 12.0. The minimum Gasteiger partial charge on any atom is -0.422 e. The maximum Gasteiger partial charge on any atom is 0.343 e. The summed E-state index contributed by atoms with van der Waals surface area (Å²) < 4.78 is 5.38.